The van der Waals surface area contributed by atoms with Gasteiger partial charge < -0.3 is 19.3 Å². The van der Waals surface area contributed by atoms with Crippen LogP contribution in [0.5, 0.6) is 5.75 Å². The summed E-state index contributed by atoms with van der Waals surface area (Å²) in [4.78, 5) is 29.8. The zero-order chi connectivity index (χ0) is 22.6. The Morgan fingerprint density at radius 1 is 1.03 bits per heavy atom. The van der Waals surface area contributed by atoms with Crippen LogP contribution in [0.2, 0.25) is 5.02 Å². The van der Waals surface area contributed by atoms with Gasteiger partial charge in [0.25, 0.3) is 5.91 Å². The van der Waals surface area contributed by atoms with Crippen LogP contribution in [0, 0.1) is 5.92 Å². The molecule has 2 heterocycles. The molecule has 0 unspecified atom stereocenters. The average molecular weight is 451 g/mol. The van der Waals surface area contributed by atoms with E-state index in [1.165, 1.54) is 0 Å². The molecular formula is C24H35ClN2O4. The average Bonchev–Trinajstić information content (AvgIpc) is 2.74. The molecule has 1 aromatic carbocycles. The molecule has 2 fully saturated rings. The van der Waals surface area contributed by atoms with Crippen molar-refractivity contribution in [1.29, 1.82) is 0 Å². The maximum absolute atomic E-state index is 13.7. The smallest absolute Gasteiger partial charge is 0.410 e. The molecule has 0 aromatic heterocycles. The first-order chi connectivity index (χ1) is 14.6. The molecule has 0 spiro atoms. The third-order valence-corrected chi connectivity index (χ3v) is 6.47. The molecule has 0 atom stereocenters. The lowest BCUT2D eigenvalue weighted by molar-refractivity contribution is -0.154. The number of benzene rings is 1. The number of rotatable bonds is 4. The first-order valence-electron chi connectivity index (χ1n) is 11.3. The third kappa shape index (κ3) is 6.06. The van der Waals surface area contributed by atoms with E-state index in [9.17, 15) is 9.59 Å². The second kappa shape index (κ2) is 9.68. The van der Waals surface area contributed by atoms with Gasteiger partial charge in [-0.2, -0.15) is 0 Å². The molecule has 0 saturated carbocycles. The summed E-state index contributed by atoms with van der Waals surface area (Å²) in [6.45, 7) is 10.1. The van der Waals surface area contributed by atoms with Crippen molar-refractivity contribution in [3.63, 3.8) is 0 Å². The Hall–Kier alpha value is -1.95. The van der Waals surface area contributed by atoms with Crippen molar-refractivity contribution in [2.75, 3.05) is 26.2 Å². The van der Waals surface area contributed by atoms with Gasteiger partial charge in [-0.15, -0.1) is 0 Å². The Morgan fingerprint density at radius 3 is 2.13 bits per heavy atom. The number of piperidine rings is 2. The summed E-state index contributed by atoms with van der Waals surface area (Å²) >= 11 is 6.02. The monoisotopic (exact) mass is 450 g/mol. The highest BCUT2D eigenvalue weighted by molar-refractivity contribution is 6.30. The van der Waals surface area contributed by atoms with Crippen molar-refractivity contribution in [1.82, 2.24) is 9.80 Å². The molecule has 0 bridgehead atoms. The van der Waals surface area contributed by atoms with Gasteiger partial charge in [-0.25, -0.2) is 4.79 Å². The van der Waals surface area contributed by atoms with Crippen LogP contribution in [0.4, 0.5) is 4.79 Å². The number of halogens is 1. The van der Waals surface area contributed by atoms with E-state index < -0.39 is 11.2 Å². The van der Waals surface area contributed by atoms with Crippen molar-refractivity contribution in [3.8, 4) is 5.75 Å². The zero-order valence-electron chi connectivity index (χ0n) is 19.2. The number of hydrogen-bond donors (Lipinski definition) is 0. The van der Waals surface area contributed by atoms with E-state index in [0.717, 1.165) is 32.4 Å². The van der Waals surface area contributed by atoms with Crippen LogP contribution >= 0.6 is 11.6 Å². The minimum absolute atomic E-state index is 0.0286. The van der Waals surface area contributed by atoms with Crippen LogP contribution in [0.3, 0.4) is 0 Å². The summed E-state index contributed by atoms with van der Waals surface area (Å²) in [6, 6.07) is 7.11. The Bertz CT molecular complexity index is 759. The number of nitrogens with zero attached hydrogens (tertiary/aromatic N) is 2. The molecule has 0 aliphatic carbocycles. The van der Waals surface area contributed by atoms with Crippen molar-refractivity contribution in [2.45, 2.75) is 71.0 Å². The molecule has 2 aliphatic heterocycles. The van der Waals surface area contributed by atoms with Crippen molar-refractivity contribution >= 4 is 23.6 Å². The third-order valence-electron chi connectivity index (χ3n) is 6.22. The van der Waals surface area contributed by atoms with Crippen LogP contribution in [-0.2, 0) is 9.53 Å². The van der Waals surface area contributed by atoms with E-state index in [1.54, 1.807) is 29.2 Å². The van der Waals surface area contributed by atoms with Crippen LogP contribution in [-0.4, -0.2) is 59.2 Å². The van der Waals surface area contributed by atoms with E-state index in [1.807, 2.05) is 25.7 Å². The molecule has 0 radical (unpaired) electrons. The van der Waals surface area contributed by atoms with Crippen molar-refractivity contribution in [3.05, 3.63) is 29.3 Å². The SMILES string of the molecule is CCC1CCN(C(=O)C2(Oc3ccc(Cl)cc3)CCN(C(=O)OC(C)(C)C)CC2)CC1. The Labute approximate surface area is 190 Å². The molecule has 3 rings (SSSR count). The molecule has 2 saturated heterocycles. The Kier molecular flexibility index (Phi) is 7.40. The molecule has 2 aliphatic rings. The molecule has 172 valence electrons. The second-order valence-corrected chi connectivity index (χ2v) is 10.1. The summed E-state index contributed by atoms with van der Waals surface area (Å²) < 4.78 is 11.9. The highest BCUT2D eigenvalue weighted by Gasteiger charge is 2.47. The van der Waals surface area contributed by atoms with Gasteiger partial charge in [-0.1, -0.05) is 24.9 Å². The predicted octanol–water partition coefficient (Wildman–Crippen LogP) is 5.14. The van der Waals surface area contributed by atoms with Gasteiger partial charge in [0.05, 0.1) is 0 Å². The van der Waals surface area contributed by atoms with Gasteiger partial charge in [0.15, 0.2) is 5.60 Å². The normalized spacial score (nSPS) is 19.8. The highest BCUT2D eigenvalue weighted by atomic mass is 35.5. The standard InChI is InChI=1S/C24H35ClN2O4/c1-5-18-10-14-26(15-11-18)21(28)24(30-20-8-6-19(25)7-9-20)12-16-27(17-13-24)22(29)31-23(2,3)4/h6-9,18H,5,10-17H2,1-4H3. The van der Waals surface area contributed by atoms with E-state index in [2.05, 4.69) is 6.92 Å². The summed E-state index contributed by atoms with van der Waals surface area (Å²) in [5.41, 5.74) is -1.53. The maximum Gasteiger partial charge on any atom is 0.410 e. The van der Waals surface area contributed by atoms with Crippen LogP contribution in [0.15, 0.2) is 24.3 Å². The van der Waals surface area contributed by atoms with E-state index >= 15 is 0 Å². The van der Waals surface area contributed by atoms with Crippen LogP contribution < -0.4 is 4.74 Å². The first kappa shape index (κ1) is 23.7. The maximum atomic E-state index is 13.7. The lowest BCUT2D eigenvalue weighted by Gasteiger charge is -2.44. The van der Waals surface area contributed by atoms with Crippen LogP contribution in [0.25, 0.3) is 0 Å². The molecule has 7 heteroatoms. The fourth-order valence-electron chi connectivity index (χ4n) is 4.30. The lowest BCUT2D eigenvalue weighted by Crippen LogP contribution is -2.60. The van der Waals surface area contributed by atoms with Crippen molar-refractivity contribution < 1.29 is 19.1 Å². The van der Waals surface area contributed by atoms with Gasteiger partial charge in [-0.3, -0.25) is 4.79 Å². The highest BCUT2D eigenvalue weighted by Crippen LogP contribution is 2.33. The van der Waals surface area contributed by atoms with E-state index in [0.29, 0.717) is 42.6 Å². The van der Waals surface area contributed by atoms with Gasteiger partial charge in [0.2, 0.25) is 0 Å². The fourth-order valence-corrected chi connectivity index (χ4v) is 4.42. The number of likely N-dealkylation sites (tertiary alicyclic amines) is 2. The number of carbonyl (C=O) groups is 2. The largest absolute Gasteiger partial charge is 0.477 e. The zero-order valence-corrected chi connectivity index (χ0v) is 19.9. The Balaban J connectivity index is 1.75. The molecule has 1 aromatic rings. The number of hydrogen-bond acceptors (Lipinski definition) is 4. The van der Waals surface area contributed by atoms with Gasteiger partial charge in [-0.05, 0) is 63.8 Å². The lowest BCUT2D eigenvalue weighted by atomic mass is 9.87. The molecule has 6 nitrogen and oxygen atoms in total. The molecule has 2 amide bonds. The summed E-state index contributed by atoms with van der Waals surface area (Å²) in [5, 5.41) is 0.620. The number of ether oxygens (including phenoxy) is 2. The van der Waals surface area contributed by atoms with E-state index in [4.69, 9.17) is 21.1 Å². The number of carbonyl (C=O) groups excluding carboxylic acids is 2. The molecule has 31 heavy (non-hydrogen) atoms. The topological polar surface area (TPSA) is 59.1 Å². The van der Waals surface area contributed by atoms with Crippen LogP contribution in [0.1, 0.15) is 59.8 Å². The number of amides is 2. The van der Waals surface area contributed by atoms with Crippen molar-refractivity contribution in [2.24, 2.45) is 5.92 Å². The van der Waals surface area contributed by atoms with E-state index in [-0.39, 0.29) is 12.0 Å². The summed E-state index contributed by atoms with van der Waals surface area (Å²) in [5.74, 6) is 1.33. The summed E-state index contributed by atoms with van der Waals surface area (Å²) in [6.07, 6.45) is 3.73. The Morgan fingerprint density at radius 2 is 1.61 bits per heavy atom. The van der Waals surface area contributed by atoms with Gasteiger partial charge in [0.1, 0.15) is 11.4 Å². The fraction of sp³-hybridized carbons (Fsp3) is 0.667. The predicted molar refractivity (Wildman–Crippen MR) is 121 cm³/mol. The first-order valence-corrected chi connectivity index (χ1v) is 11.7. The van der Waals surface area contributed by atoms with Gasteiger partial charge >= 0.3 is 6.09 Å². The molecular weight excluding hydrogens is 416 g/mol. The second-order valence-electron chi connectivity index (χ2n) is 9.66. The molecule has 0 N–H and O–H groups in total. The summed E-state index contributed by atoms with van der Waals surface area (Å²) in [7, 11) is 0. The van der Waals surface area contributed by atoms with Gasteiger partial charge in [0, 0.05) is 44.0 Å². The minimum Gasteiger partial charge on any atom is -0.477 e. The minimum atomic E-state index is -0.981. The quantitative estimate of drug-likeness (QED) is 0.637.